The molecule has 2 nitrogen and oxygen atoms in total. The number of aryl methyl sites for hydroxylation is 3. The van der Waals surface area contributed by atoms with Gasteiger partial charge in [0.15, 0.2) is 0 Å². The second kappa shape index (κ2) is 7.74. The minimum Gasteiger partial charge on any atom is -0.460 e. The average molecular weight is 455 g/mol. The van der Waals surface area contributed by atoms with Gasteiger partial charge in [-0.2, -0.15) is 0 Å². The van der Waals surface area contributed by atoms with Crippen LogP contribution in [0, 0.1) is 13.8 Å². The van der Waals surface area contributed by atoms with Gasteiger partial charge in [-0.1, -0.05) is 48.6 Å². The van der Waals surface area contributed by atoms with Crippen molar-refractivity contribution in [3.63, 3.8) is 0 Å². The highest BCUT2D eigenvalue weighted by molar-refractivity contribution is 6.10. The summed E-state index contributed by atoms with van der Waals surface area (Å²) in [5, 5.41) is 3.55. The average Bonchev–Trinajstić information content (AvgIpc) is 3.31. The molecule has 0 unspecified atom stereocenters. The predicted octanol–water partition coefficient (Wildman–Crippen LogP) is 9.34. The van der Waals surface area contributed by atoms with Crippen molar-refractivity contribution >= 4 is 50.1 Å². The zero-order valence-corrected chi connectivity index (χ0v) is 20.0. The third-order valence-corrected chi connectivity index (χ3v) is 7.20. The molecule has 0 spiro atoms. The van der Waals surface area contributed by atoms with Crippen molar-refractivity contribution in [1.29, 1.82) is 0 Å². The number of hydrogen-bond donors (Lipinski definition) is 0. The molecular weight excluding hydrogens is 428 g/mol. The Hall–Kier alpha value is -4.04. The van der Waals surface area contributed by atoms with Crippen LogP contribution in [0.4, 0.5) is 0 Å². The first-order valence-corrected chi connectivity index (χ1v) is 12.4. The Bertz CT molecular complexity index is 1780. The molecule has 5 aromatic rings. The van der Waals surface area contributed by atoms with Crippen molar-refractivity contribution in [1.82, 2.24) is 0 Å². The molecule has 2 aromatic heterocycles. The number of para-hydroxylation sites is 1. The Labute approximate surface area is 204 Å². The lowest BCUT2D eigenvalue weighted by atomic mass is 9.94. The lowest BCUT2D eigenvalue weighted by Crippen LogP contribution is -1.89. The third kappa shape index (κ3) is 3.24. The van der Waals surface area contributed by atoms with Crippen LogP contribution in [0.25, 0.3) is 50.1 Å². The van der Waals surface area contributed by atoms with E-state index in [0.29, 0.717) is 0 Å². The number of rotatable bonds is 2. The number of fused-ring (bicyclic) bond motifs is 6. The van der Waals surface area contributed by atoms with Gasteiger partial charge in [0.05, 0.1) is 0 Å². The van der Waals surface area contributed by atoms with Gasteiger partial charge in [0.25, 0.3) is 0 Å². The number of allylic oxidation sites excluding steroid dienone is 7. The number of furan rings is 2. The standard InChI is InChI=1S/C33H26O2/c1-20-15-26(32-28(17-20)24-11-5-7-13-30(24)34-32)22-9-3-4-10-23(19-22)27-16-21(2)18-29-25-12-6-8-14-31(25)35-33(27)29/h3,5-6,8-12,14-19H,4,7,13H2,1-2H3. The highest BCUT2D eigenvalue weighted by Crippen LogP contribution is 2.40. The zero-order chi connectivity index (χ0) is 23.5. The molecule has 0 fully saturated rings. The maximum absolute atomic E-state index is 6.48. The van der Waals surface area contributed by atoms with Crippen LogP contribution in [0.5, 0.6) is 0 Å². The third-order valence-electron chi connectivity index (χ3n) is 7.20. The molecule has 0 saturated heterocycles. The van der Waals surface area contributed by atoms with Gasteiger partial charge < -0.3 is 8.83 Å². The number of hydrogen-bond acceptors (Lipinski definition) is 2. The van der Waals surface area contributed by atoms with E-state index in [4.69, 9.17) is 8.83 Å². The Morgan fingerprint density at radius 3 is 2.37 bits per heavy atom. The Morgan fingerprint density at radius 2 is 1.49 bits per heavy atom. The maximum atomic E-state index is 6.48. The van der Waals surface area contributed by atoms with Crippen LogP contribution >= 0.6 is 0 Å². The fraction of sp³-hybridized carbons (Fsp3) is 0.152. The van der Waals surface area contributed by atoms with Crippen molar-refractivity contribution in [3.05, 3.63) is 112 Å². The summed E-state index contributed by atoms with van der Waals surface area (Å²) < 4.78 is 12.9. The first kappa shape index (κ1) is 20.3. The van der Waals surface area contributed by atoms with Gasteiger partial charge in [0.1, 0.15) is 22.5 Å². The van der Waals surface area contributed by atoms with Crippen molar-refractivity contribution < 1.29 is 8.83 Å². The number of benzene rings is 3. The van der Waals surface area contributed by atoms with E-state index >= 15 is 0 Å². The van der Waals surface area contributed by atoms with E-state index in [9.17, 15) is 0 Å². The summed E-state index contributed by atoms with van der Waals surface area (Å²) in [4.78, 5) is 0. The molecular formula is C33H26O2. The van der Waals surface area contributed by atoms with Gasteiger partial charge in [0.2, 0.25) is 0 Å². The summed E-state index contributed by atoms with van der Waals surface area (Å²) in [6.07, 6.45) is 16.4. The molecule has 0 aliphatic heterocycles. The summed E-state index contributed by atoms with van der Waals surface area (Å²) in [6, 6.07) is 17.3. The molecule has 0 N–H and O–H groups in total. The van der Waals surface area contributed by atoms with Gasteiger partial charge in [0, 0.05) is 39.3 Å². The molecule has 0 atom stereocenters. The van der Waals surface area contributed by atoms with Crippen LogP contribution < -0.4 is 0 Å². The van der Waals surface area contributed by atoms with Crippen molar-refractivity contribution in [2.24, 2.45) is 0 Å². The molecule has 35 heavy (non-hydrogen) atoms. The fourth-order valence-corrected chi connectivity index (χ4v) is 5.62. The molecule has 2 aliphatic rings. The van der Waals surface area contributed by atoms with Crippen LogP contribution in [0.2, 0.25) is 0 Å². The van der Waals surface area contributed by atoms with E-state index in [1.807, 2.05) is 6.07 Å². The van der Waals surface area contributed by atoms with Crippen molar-refractivity contribution in [2.75, 3.05) is 0 Å². The van der Waals surface area contributed by atoms with Gasteiger partial charge in [-0.3, -0.25) is 0 Å². The van der Waals surface area contributed by atoms with Crippen LogP contribution in [-0.4, -0.2) is 0 Å². The molecule has 7 rings (SSSR count). The zero-order valence-electron chi connectivity index (χ0n) is 20.0. The molecule has 3 aromatic carbocycles. The molecule has 0 saturated carbocycles. The summed E-state index contributed by atoms with van der Waals surface area (Å²) in [6.45, 7) is 4.33. The van der Waals surface area contributed by atoms with E-state index < -0.39 is 0 Å². The molecule has 0 radical (unpaired) electrons. The van der Waals surface area contributed by atoms with Gasteiger partial charge in [-0.25, -0.2) is 0 Å². The molecule has 2 heteroatoms. The van der Waals surface area contributed by atoms with Crippen LogP contribution in [-0.2, 0) is 6.42 Å². The quantitative estimate of drug-likeness (QED) is 0.266. The Balaban J connectivity index is 1.45. The highest BCUT2D eigenvalue weighted by Gasteiger charge is 2.20. The second-order valence-electron chi connectivity index (χ2n) is 9.75. The van der Waals surface area contributed by atoms with E-state index in [-0.39, 0.29) is 0 Å². The minimum atomic E-state index is 0.872. The van der Waals surface area contributed by atoms with E-state index in [1.54, 1.807) is 0 Å². The summed E-state index contributed by atoms with van der Waals surface area (Å²) in [5.41, 5.74) is 11.2. The molecule has 170 valence electrons. The van der Waals surface area contributed by atoms with Crippen molar-refractivity contribution in [3.8, 4) is 0 Å². The molecule has 2 heterocycles. The first-order valence-electron chi connectivity index (χ1n) is 12.4. The fourth-order valence-electron chi connectivity index (χ4n) is 5.62. The molecule has 0 bridgehead atoms. The largest absolute Gasteiger partial charge is 0.460 e. The van der Waals surface area contributed by atoms with Gasteiger partial charge in [-0.05, 0) is 85.4 Å². The second-order valence-corrected chi connectivity index (χ2v) is 9.75. The molecule has 0 amide bonds. The predicted molar refractivity (Wildman–Crippen MR) is 146 cm³/mol. The first-order chi connectivity index (χ1) is 17.2. The topological polar surface area (TPSA) is 26.3 Å². The maximum Gasteiger partial charge on any atom is 0.143 e. The Kier molecular flexibility index (Phi) is 4.50. The summed E-state index contributed by atoms with van der Waals surface area (Å²) >= 11 is 0. The normalized spacial score (nSPS) is 15.5. The van der Waals surface area contributed by atoms with E-state index in [1.165, 1.54) is 44.0 Å². The Morgan fingerprint density at radius 1 is 0.714 bits per heavy atom. The van der Waals surface area contributed by atoms with Crippen LogP contribution in [0.3, 0.4) is 0 Å². The van der Waals surface area contributed by atoms with E-state index in [0.717, 1.165) is 52.9 Å². The SMILES string of the molecule is Cc1cc(C2=CC(c3cc(C)cc4c3oc3ccccc34)=CCC=C2)c2oc3c(c2c1)C=CCC3. The monoisotopic (exact) mass is 454 g/mol. The van der Waals surface area contributed by atoms with E-state index in [2.05, 4.69) is 92.8 Å². The van der Waals surface area contributed by atoms with Crippen LogP contribution in [0.15, 0.2) is 87.7 Å². The van der Waals surface area contributed by atoms with Crippen LogP contribution in [0.1, 0.15) is 46.4 Å². The highest BCUT2D eigenvalue weighted by atomic mass is 16.3. The lowest BCUT2D eigenvalue weighted by Gasteiger charge is -2.09. The summed E-state index contributed by atoms with van der Waals surface area (Å²) in [7, 11) is 0. The smallest absolute Gasteiger partial charge is 0.143 e. The lowest BCUT2D eigenvalue weighted by molar-refractivity contribution is 0.545. The molecule has 2 aliphatic carbocycles. The summed E-state index contributed by atoms with van der Waals surface area (Å²) in [5.74, 6) is 1.10. The van der Waals surface area contributed by atoms with Gasteiger partial charge in [-0.15, -0.1) is 0 Å². The van der Waals surface area contributed by atoms with Crippen molar-refractivity contribution in [2.45, 2.75) is 33.1 Å². The van der Waals surface area contributed by atoms with Gasteiger partial charge >= 0.3 is 0 Å². The minimum absolute atomic E-state index is 0.872.